The Balaban J connectivity index is 2.51. The number of nitrogens with one attached hydrogen (secondary N) is 2. The van der Waals surface area contributed by atoms with Gasteiger partial charge in [0.15, 0.2) is 0 Å². The van der Waals surface area contributed by atoms with E-state index in [0.717, 1.165) is 18.5 Å². The normalized spacial score (nSPS) is 12.7. The van der Waals surface area contributed by atoms with E-state index in [1.165, 1.54) is 0 Å². The molecule has 1 rings (SSSR count). The van der Waals surface area contributed by atoms with E-state index in [0.29, 0.717) is 6.54 Å². The monoisotopic (exact) mass is 180 g/mol. The average Bonchev–Trinajstić information content (AvgIpc) is 2.65. The summed E-state index contributed by atoms with van der Waals surface area (Å²) in [6.07, 6.45) is 6.48. The molecule has 0 bridgehead atoms. The van der Waals surface area contributed by atoms with Gasteiger partial charge in [0.2, 0.25) is 0 Å². The van der Waals surface area contributed by atoms with E-state index >= 15 is 0 Å². The molecule has 4 heteroatoms. The van der Waals surface area contributed by atoms with Crippen LogP contribution in [0.3, 0.4) is 0 Å². The molecule has 0 aliphatic rings. The van der Waals surface area contributed by atoms with Gasteiger partial charge >= 0.3 is 0 Å². The summed E-state index contributed by atoms with van der Waals surface area (Å²) in [5.41, 5.74) is 6.56. The van der Waals surface area contributed by atoms with Crippen LogP contribution in [0.25, 0.3) is 0 Å². The third-order valence-electron chi connectivity index (χ3n) is 1.86. The predicted octanol–water partition coefficient (Wildman–Crippen LogP) is 0.575. The van der Waals surface area contributed by atoms with Crippen LogP contribution in [0.1, 0.15) is 18.0 Å². The summed E-state index contributed by atoms with van der Waals surface area (Å²) in [4.78, 5) is 0. The highest BCUT2D eigenvalue weighted by Gasteiger charge is 2.08. The van der Waals surface area contributed by atoms with Crippen molar-refractivity contribution in [3.8, 4) is 0 Å². The smallest absolute Gasteiger partial charge is 0.0535 e. The molecule has 0 aliphatic carbocycles. The molecule has 0 fully saturated rings. The maximum Gasteiger partial charge on any atom is 0.0535 e. The number of hydrogen-bond donors (Lipinski definition) is 3. The first-order valence-corrected chi connectivity index (χ1v) is 4.41. The summed E-state index contributed by atoms with van der Waals surface area (Å²) in [6, 6.07) is 0.278. The Morgan fingerprint density at radius 3 is 3.15 bits per heavy atom. The molecule has 0 saturated carbocycles. The summed E-state index contributed by atoms with van der Waals surface area (Å²) in [7, 11) is 0. The third-order valence-corrected chi connectivity index (χ3v) is 1.86. The van der Waals surface area contributed by atoms with E-state index in [9.17, 15) is 0 Å². The van der Waals surface area contributed by atoms with Gasteiger partial charge in [-0.3, -0.25) is 5.10 Å². The van der Waals surface area contributed by atoms with Gasteiger partial charge in [-0.15, -0.1) is 6.58 Å². The Morgan fingerprint density at radius 2 is 2.62 bits per heavy atom. The summed E-state index contributed by atoms with van der Waals surface area (Å²) in [6.45, 7) is 5.17. The Kier molecular flexibility index (Phi) is 4.21. The molecule has 0 amide bonds. The lowest BCUT2D eigenvalue weighted by atomic mass is 10.1. The number of nitrogens with zero attached hydrogens (tertiary/aromatic N) is 1. The van der Waals surface area contributed by atoms with Gasteiger partial charge in [0.1, 0.15) is 0 Å². The molecule has 1 unspecified atom stereocenters. The first-order valence-electron chi connectivity index (χ1n) is 4.41. The van der Waals surface area contributed by atoms with Crippen LogP contribution in [-0.2, 0) is 0 Å². The predicted molar refractivity (Wildman–Crippen MR) is 53.2 cm³/mol. The number of H-pyrrole nitrogens is 1. The Bertz CT molecular complexity index is 230. The zero-order valence-electron chi connectivity index (χ0n) is 7.66. The van der Waals surface area contributed by atoms with Gasteiger partial charge in [-0.05, 0) is 6.42 Å². The Labute approximate surface area is 78.2 Å². The molecule has 72 valence electrons. The molecule has 1 heterocycles. The van der Waals surface area contributed by atoms with E-state index in [1.54, 1.807) is 0 Å². The standard InChI is InChI=1S/C9H16N4/c1-2-3-9(11-5-4-10)8-6-12-13-7-8/h2,6-7,9,11H,1,3-5,10H2,(H,12,13). The molecule has 0 saturated heterocycles. The van der Waals surface area contributed by atoms with Crippen LogP contribution in [-0.4, -0.2) is 23.3 Å². The van der Waals surface area contributed by atoms with Gasteiger partial charge in [0, 0.05) is 30.9 Å². The number of rotatable bonds is 6. The summed E-state index contributed by atoms with van der Waals surface area (Å²) in [5, 5.41) is 10.0. The van der Waals surface area contributed by atoms with E-state index in [1.807, 2.05) is 18.5 Å². The van der Waals surface area contributed by atoms with E-state index < -0.39 is 0 Å². The number of aromatic nitrogens is 2. The van der Waals surface area contributed by atoms with Crippen molar-refractivity contribution in [2.45, 2.75) is 12.5 Å². The molecule has 4 N–H and O–H groups in total. The van der Waals surface area contributed by atoms with Crippen molar-refractivity contribution in [1.29, 1.82) is 0 Å². The van der Waals surface area contributed by atoms with Crippen LogP contribution >= 0.6 is 0 Å². The molecular weight excluding hydrogens is 164 g/mol. The van der Waals surface area contributed by atoms with Crippen LogP contribution in [0.5, 0.6) is 0 Å². The number of hydrogen-bond acceptors (Lipinski definition) is 3. The second-order valence-corrected chi connectivity index (χ2v) is 2.85. The quantitative estimate of drug-likeness (QED) is 0.561. The van der Waals surface area contributed by atoms with Crippen LogP contribution in [0.2, 0.25) is 0 Å². The molecule has 0 aromatic carbocycles. The van der Waals surface area contributed by atoms with Crippen LogP contribution in [0, 0.1) is 0 Å². The molecule has 1 atom stereocenters. The van der Waals surface area contributed by atoms with Crippen molar-refractivity contribution in [2.24, 2.45) is 5.73 Å². The lowest BCUT2D eigenvalue weighted by molar-refractivity contribution is 0.547. The molecule has 4 nitrogen and oxygen atoms in total. The highest BCUT2D eigenvalue weighted by molar-refractivity contribution is 5.10. The molecule has 1 aromatic heterocycles. The van der Waals surface area contributed by atoms with Crippen LogP contribution < -0.4 is 11.1 Å². The molecule has 0 spiro atoms. The molecular formula is C9H16N4. The van der Waals surface area contributed by atoms with E-state index in [-0.39, 0.29) is 6.04 Å². The van der Waals surface area contributed by atoms with E-state index in [2.05, 4.69) is 22.1 Å². The van der Waals surface area contributed by atoms with Gasteiger partial charge in [0.05, 0.1) is 6.20 Å². The molecule has 13 heavy (non-hydrogen) atoms. The van der Waals surface area contributed by atoms with Crippen molar-refractivity contribution in [1.82, 2.24) is 15.5 Å². The fourth-order valence-electron chi connectivity index (χ4n) is 1.21. The van der Waals surface area contributed by atoms with Crippen LogP contribution in [0.4, 0.5) is 0 Å². The number of nitrogens with two attached hydrogens (primary N) is 1. The zero-order chi connectivity index (χ0) is 9.52. The topological polar surface area (TPSA) is 66.7 Å². The first kappa shape index (κ1) is 9.95. The second kappa shape index (κ2) is 5.50. The maximum atomic E-state index is 5.41. The lowest BCUT2D eigenvalue weighted by Gasteiger charge is -2.14. The highest BCUT2D eigenvalue weighted by Crippen LogP contribution is 2.14. The van der Waals surface area contributed by atoms with Crippen molar-refractivity contribution in [3.05, 3.63) is 30.6 Å². The average molecular weight is 180 g/mol. The second-order valence-electron chi connectivity index (χ2n) is 2.85. The summed E-state index contributed by atoms with van der Waals surface area (Å²) < 4.78 is 0. The summed E-state index contributed by atoms with van der Waals surface area (Å²) >= 11 is 0. The van der Waals surface area contributed by atoms with Crippen molar-refractivity contribution < 1.29 is 0 Å². The fourth-order valence-corrected chi connectivity index (χ4v) is 1.21. The third kappa shape index (κ3) is 3.01. The van der Waals surface area contributed by atoms with Gasteiger partial charge in [-0.25, -0.2) is 0 Å². The minimum absolute atomic E-state index is 0.278. The Hall–Kier alpha value is -1.13. The first-order chi connectivity index (χ1) is 6.38. The SMILES string of the molecule is C=CCC(NCCN)c1cn[nH]c1. The fraction of sp³-hybridized carbons (Fsp3) is 0.444. The minimum Gasteiger partial charge on any atom is -0.329 e. The van der Waals surface area contributed by atoms with Crippen molar-refractivity contribution >= 4 is 0 Å². The van der Waals surface area contributed by atoms with Gasteiger partial charge < -0.3 is 11.1 Å². The van der Waals surface area contributed by atoms with Crippen LogP contribution in [0.15, 0.2) is 25.0 Å². The lowest BCUT2D eigenvalue weighted by Crippen LogP contribution is -2.26. The van der Waals surface area contributed by atoms with Crippen molar-refractivity contribution in [3.63, 3.8) is 0 Å². The molecule has 1 aromatic rings. The van der Waals surface area contributed by atoms with Gasteiger partial charge in [-0.1, -0.05) is 6.08 Å². The maximum absolute atomic E-state index is 5.41. The van der Waals surface area contributed by atoms with Gasteiger partial charge in [0.25, 0.3) is 0 Å². The Morgan fingerprint density at radius 1 is 1.77 bits per heavy atom. The number of aromatic amines is 1. The zero-order valence-corrected chi connectivity index (χ0v) is 7.66. The van der Waals surface area contributed by atoms with E-state index in [4.69, 9.17) is 5.73 Å². The summed E-state index contributed by atoms with van der Waals surface area (Å²) in [5.74, 6) is 0. The molecule has 0 radical (unpaired) electrons. The minimum atomic E-state index is 0.278. The van der Waals surface area contributed by atoms with Crippen molar-refractivity contribution in [2.75, 3.05) is 13.1 Å². The highest BCUT2D eigenvalue weighted by atomic mass is 15.1. The molecule has 0 aliphatic heterocycles. The largest absolute Gasteiger partial charge is 0.329 e. The van der Waals surface area contributed by atoms with Gasteiger partial charge in [-0.2, -0.15) is 5.10 Å².